The van der Waals surface area contributed by atoms with Gasteiger partial charge >= 0.3 is 0 Å². The fourth-order valence-electron chi connectivity index (χ4n) is 3.02. The zero-order valence-electron chi connectivity index (χ0n) is 13.4. The predicted molar refractivity (Wildman–Crippen MR) is 91.8 cm³/mol. The Hall–Kier alpha value is -2.10. The van der Waals surface area contributed by atoms with Crippen LogP contribution in [0.2, 0.25) is 0 Å². The normalized spacial score (nSPS) is 16.6. The van der Waals surface area contributed by atoms with Crippen LogP contribution in [0.25, 0.3) is 0 Å². The number of unbranched alkanes of at least 4 members (excludes halogenated alkanes) is 2. The van der Waals surface area contributed by atoms with Gasteiger partial charge in [-0.3, -0.25) is 0 Å². The van der Waals surface area contributed by atoms with Crippen LogP contribution >= 0.6 is 0 Å². The van der Waals surface area contributed by atoms with E-state index in [1.54, 1.807) is 0 Å². The van der Waals surface area contributed by atoms with Crippen molar-refractivity contribution in [1.82, 2.24) is 9.97 Å². The van der Waals surface area contributed by atoms with Crippen LogP contribution in [-0.2, 0) is 6.42 Å². The van der Waals surface area contributed by atoms with Crippen LogP contribution in [0.4, 0.5) is 17.5 Å². The highest BCUT2D eigenvalue weighted by atomic mass is 15.3. The minimum Gasteiger partial charge on any atom is -0.370 e. The fraction of sp³-hybridized carbons (Fsp3) is 0.444. The first-order chi connectivity index (χ1) is 10.8. The summed E-state index contributed by atoms with van der Waals surface area (Å²) in [6, 6.07) is 10.9. The van der Waals surface area contributed by atoms with Crippen molar-refractivity contribution in [3.8, 4) is 0 Å². The first kappa shape index (κ1) is 14.8. The second-order valence-corrected chi connectivity index (χ2v) is 5.93. The van der Waals surface area contributed by atoms with E-state index >= 15 is 0 Å². The molecule has 116 valence electrons. The van der Waals surface area contributed by atoms with Gasteiger partial charge in [-0.2, -0.15) is 4.98 Å². The molecule has 0 bridgehead atoms. The van der Waals surface area contributed by atoms with Gasteiger partial charge in [0.25, 0.3) is 0 Å². The van der Waals surface area contributed by atoms with E-state index in [4.69, 9.17) is 4.98 Å². The lowest BCUT2D eigenvalue weighted by atomic mass is 10.1. The Morgan fingerprint density at radius 2 is 2.09 bits per heavy atom. The van der Waals surface area contributed by atoms with Crippen LogP contribution in [0.1, 0.15) is 38.7 Å². The summed E-state index contributed by atoms with van der Waals surface area (Å²) in [5, 5.41) is 3.40. The van der Waals surface area contributed by atoms with Gasteiger partial charge in [-0.1, -0.05) is 38.0 Å². The largest absolute Gasteiger partial charge is 0.370 e. The third-order valence-corrected chi connectivity index (χ3v) is 4.15. The molecule has 3 rings (SSSR count). The van der Waals surface area contributed by atoms with E-state index < -0.39 is 0 Å². The van der Waals surface area contributed by atoms with Crippen molar-refractivity contribution in [2.24, 2.45) is 0 Å². The average molecular weight is 296 g/mol. The smallest absolute Gasteiger partial charge is 0.232 e. The van der Waals surface area contributed by atoms with Gasteiger partial charge in [0.05, 0.1) is 0 Å². The molecule has 2 heterocycles. The van der Waals surface area contributed by atoms with Crippen molar-refractivity contribution in [2.45, 2.75) is 45.6 Å². The topological polar surface area (TPSA) is 41.1 Å². The Balaban J connectivity index is 1.77. The maximum absolute atomic E-state index is 4.71. The minimum atomic E-state index is 0.396. The van der Waals surface area contributed by atoms with E-state index in [0.29, 0.717) is 6.04 Å². The molecule has 0 saturated heterocycles. The summed E-state index contributed by atoms with van der Waals surface area (Å²) in [7, 11) is 0. The van der Waals surface area contributed by atoms with E-state index in [-0.39, 0.29) is 0 Å². The predicted octanol–water partition coefficient (Wildman–Crippen LogP) is 4.16. The van der Waals surface area contributed by atoms with Crippen LogP contribution in [0, 0.1) is 0 Å². The molecule has 4 nitrogen and oxygen atoms in total. The first-order valence-electron chi connectivity index (χ1n) is 8.23. The van der Waals surface area contributed by atoms with Crippen molar-refractivity contribution in [3.63, 3.8) is 0 Å². The first-order valence-corrected chi connectivity index (χ1v) is 8.23. The molecular weight excluding hydrogens is 272 g/mol. The maximum atomic E-state index is 4.71. The summed E-state index contributed by atoms with van der Waals surface area (Å²) in [5.41, 5.74) is 2.61. The number of hydrogen-bond donors (Lipinski definition) is 1. The van der Waals surface area contributed by atoms with Crippen LogP contribution in [-0.4, -0.2) is 22.6 Å². The van der Waals surface area contributed by atoms with E-state index in [1.807, 2.05) is 12.3 Å². The zero-order chi connectivity index (χ0) is 15.4. The highest BCUT2D eigenvalue weighted by molar-refractivity contribution is 5.67. The second kappa shape index (κ2) is 6.77. The van der Waals surface area contributed by atoms with Gasteiger partial charge in [-0.05, 0) is 37.5 Å². The summed E-state index contributed by atoms with van der Waals surface area (Å²) in [6.07, 6.45) is 6.56. The molecule has 0 amide bonds. The minimum absolute atomic E-state index is 0.396. The Bertz CT molecular complexity index is 626. The van der Waals surface area contributed by atoms with Crippen LogP contribution < -0.4 is 10.2 Å². The number of rotatable bonds is 6. The van der Waals surface area contributed by atoms with Crippen LogP contribution in [0.15, 0.2) is 36.5 Å². The van der Waals surface area contributed by atoms with Gasteiger partial charge in [0, 0.05) is 24.5 Å². The SMILES string of the molecule is CCCCCNc1ccnc(N2c3ccccc3CC2C)n1. The highest BCUT2D eigenvalue weighted by Crippen LogP contribution is 2.36. The maximum Gasteiger partial charge on any atom is 0.232 e. The molecule has 1 N–H and O–H groups in total. The molecular formula is C18H24N4. The molecule has 22 heavy (non-hydrogen) atoms. The quantitative estimate of drug-likeness (QED) is 0.813. The van der Waals surface area contributed by atoms with E-state index in [2.05, 4.69) is 53.3 Å². The van der Waals surface area contributed by atoms with Gasteiger partial charge in [0.2, 0.25) is 5.95 Å². The van der Waals surface area contributed by atoms with Crippen molar-refractivity contribution in [3.05, 3.63) is 42.1 Å². The number of nitrogens with one attached hydrogen (secondary N) is 1. The number of anilines is 3. The Morgan fingerprint density at radius 3 is 2.95 bits per heavy atom. The average Bonchev–Trinajstić information content (AvgIpc) is 2.87. The number of benzene rings is 1. The number of nitrogens with zero attached hydrogens (tertiary/aromatic N) is 3. The molecule has 0 fully saturated rings. The van der Waals surface area contributed by atoms with Gasteiger partial charge in [0.15, 0.2) is 0 Å². The van der Waals surface area contributed by atoms with Crippen LogP contribution in [0.3, 0.4) is 0 Å². The lowest BCUT2D eigenvalue weighted by Gasteiger charge is -2.23. The Kier molecular flexibility index (Phi) is 4.56. The molecule has 1 atom stereocenters. The summed E-state index contributed by atoms with van der Waals surface area (Å²) in [4.78, 5) is 11.4. The van der Waals surface area contributed by atoms with Gasteiger partial charge in [-0.15, -0.1) is 0 Å². The van der Waals surface area contributed by atoms with Crippen molar-refractivity contribution in [2.75, 3.05) is 16.8 Å². The highest BCUT2D eigenvalue weighted by Gasteiger charge is 2.28. The summed E-state index contributed by atoms with van der Waals surface area (Å²) in [5.74, 6) is 1.70. The number of fused-ring (bicyclic) bond motifs is 1. The molecule has 4 heteroatoms. The third-order valence-electron chi connectivity index (χ3n) is 4.15. The molecule has 2 aromatic rings. The van der Waals surface area contributed by atoms with E-state index in [9.17, 15) is 0 Å². The Morgan fingerprint density at radius 1 is 1.23 bits per heavy atom. The summed E-state index contributed by atoms with van der Waals surface area (Å²) < 4.78 is 0. The van der Waals surface area contributed by atoms with Crippen molar-refractivity contribution < 1.29 is 0 Å². The van der Waals surface area contributed by atoms with Gasteiger partial charge in [-0.25, -0.2) is 4.98 Å². The molecule has 1 aromatic heterocycles. The van der Waals surface area contributed by atoms with Gasteiger partial charge in [0.1, 0.15) is 5.82 Å². The Labute approximate surface area is 132 Å². The number of aromatic nitrogens is 2. The van der Waals surface area contributed by atoms with Crippen molar-refractivity contribution >= 4 is 17.5 Å². The lowest BCUT2D eigenvalue weighted by Crippen LogP contribution is -2.26. The van der Waals surface area contributed by atoms with Crippen LogP contribution in [0.5, 0.6) is 0 Å². The molecule has 0 radical (unpaired) electrons. The molecule has 1 aliphatic rings. The monoisotopic (exact) mass is 296 g/mol. The third kappa shape index (κ3) is 3.06. The fourth-order valence-corrected chi connectivity index (χ4v) is 3.02. The van der Waals surface area contributed by atoms with E-state index in [0.717, 1.165) is 24.7 Å². The summed E-state index contributed by atoms with van der Waals surface area (Å²) >= 11 is 0. The van der Waals surface area contributed by atoms with E-state index in [1.165, 1.54) is 30.5 Å². The molecule has 1 aliphatic heterocycles. The number of para-hydroxylation sites is 1. The molecule has 1 unspecified atom stereocenters. The van der Waals surface area contributed by atoms with Crippen molar-refractivity contribution in [1.29, 1.82) is 0 Å². The molecule has 0 spiro atoms. The van der Waals surface area contributed by atoms with Gasteiger partial charge < -0.3 is 10.2 Å². The molecule has 0 aliphatic carbocycles. The standard InChI is InChI=1S/C18H24N4/c1-3-4-7-11-19-17-10-12-20-18(21-17)22-14(2)13-15-8-5-6-9-16(15)22/h5-6,8-10,12,14H,3-4,7,11,13H2,1-2H3,(H,19,20,21). The number of hydrogen-bond acceptors (Lipinski definition) is 4. The summed E-state index contributed by atoms with van der Waals surface area (Å²) in [6.45, 7) is 5.41. The zero-order valence-corrected chi connectivity index (χ0v) is 13.4. The lowest BCUT2D eigenvalue weighted by molar-refractivity contribution is 0.734. The molecule has 1 aromatic carbocycles. The molecule has 0 saturated carbocycles. The second-order valence-electron chi connectivity index (χ2n) is 5.93.